The van der Waals surface area contributed by atoms with Crippen molar-refractivity contribution >= 4 is 11.8 Å². The maximum absolute atomic E-state index is 12.8. The first-order chi connectivity index (χ1) is 6.77. The van der Waals surface area contributed by atoms with E-state index in [-0.39, 0.29) is 5.82 Å². The third-order valence-corrected chi connectivity index (χ3v) is 2.16. The summed E-state index contributed by atoms with van der Waals surface area (Å²) < 4.78 is 12.8. The van der Waals surface area contributed by atoms with Gasteiger partial charge in [0.25, 0.3) is 0 Å². The first kappa shape index (κ1) is 9.14. The first-order valence-corrected chi connectivity index (χ1v) is 4.51. The Morgan fingerprint density at radius 3 is 2.79 bits per heavy atom. The smallest absolute Gasteiger partial charge is 0.227 e. The van der Waals surface area contributed by atoms with Crippen molar-refractivity contribution in [3.63, 3.8) is 0 Å². The number of nitrogens with two attached hydrogens (primary N) is 1. The number of piperazine rings is 1. The molecular weight excluding hydrogens is 185 g/mol. The van der Waals surface area contributed by atoms with Gasteiger partial charge in [0.2, 0.25) is 5.95 Å². The zero-order valence-corrected chi connectivity index (χ0v) is 7.70. The van der Waals surface area contributed by atoms with Crippen molar-refractivity contribution in [3.8, 4) is 0 Å². The molecule has 0 aromatic carbocycles. The van der Waals surface area contributed by atoms with Crippen LogP contribution >= 0.6 is 0 Å². The highest BCUT2D eigenvalue weighted by molar-refractivity contribution is 5.39. The molecule has 0 aliphatic carbocycles. The molecule has 0 spiro atoms. The van der Waals surface area contributed by atoms with Gasteiger partial charge < -0.3 is 16.0 Å². The van der Waals surface area contributed by atoms with Crippen molar-refractivity contribution in [2.75, 3.05) is 36.8 Å². The van der Waals surface area contributed by atoms with Gasteiger partial charge in [0.15, 0.2) is 11.6 Å². The summed E-state index contributed by atoms with van der Waals surface area (Å²) in [6, 6.07) is 0. The van der Waals surface area contributed by atoms with Crippen LogP contribution in [-0.4, -0.2) is 36.1 Å². The van der Waals surface area contributed by atoms with Gasteiger partial charge in [-0.3, -0.25) is 0 Å². The number of rotatable bonds is 1. The molecule has 0 bridgehead atoms. The van der Waals surface area contributed by atoms with Gasteiger partial charge >= 0.3 is 0 Å². The molecule has 76 valence electrons. The minimum absolute atomic E-state index is 0.0893. The van der Waals surface area contributed by atoms with Crippen LogP contribution in [-0.2, 0) is 0 Å². The SMILES string of the molecule is Nc1nc(N2CCNCC2)ncc1F. The van der Waals surface area contributed by atoms with Gasteiger partial charge in [0.05, 0.1) is 6.20 Å². The van der Waals surface area contributed by atoms with E-state index < -0.39 is 5.82 Å². The van der Waals surface area contributed by atoms with E-state index in [0.717, 1.165) is 32.4 Å². The number of nitrogens with zero attached hydrogens (tertiary/aromatic N) is 3. The molecule has 14 heavy (non-hydrogen) atoms. The van der Waals surface area contributed by atoms with Crippen LogP contribution in [0.3, 0.4) is 0 Å². The molecule has 5 nitrogen and oxygen atoms in total. The van der Waals surface area contributed by atoms with E-state index in [1.165, 1.54) is 0 Å². The molecule has 2 heterocycles. The van der Waals surface area contributed by atoms with Gasteiger partial charge in [0, 0.05) is 26.2 Å². The summed E-state index contributed by atoms with van der Waals surface area (Å²) in [7, 11) is 0. The normalized spacial score (nSPS) is 17.1. The molecular formula is C8H12FN5. The maximum atomic E-state index is 12.8. The number of halogens is 1. The van der Waals surface area contributed by atoms with Crippen LogP contribution in [0.15, 0.2) is 6.20 Å². The van der Waals surface area contributed by atoms with Gasteiger partial charge in [-0.05, 0) is 0 Å². The highest BCUT2D eigenvalue weighted by atomic mass is 19.1. The molecule has 6 heteroatoms. The van der Waals surface area contributed by atoms with E-state index in [9.17, 15) is 4.39 Å². The molecule has 1 aromatic heterocycles. The van der Waals surface area contributed by atoms with Crippen molar-refractivity contribution < 1.29 is 4.39 Å². The first-order valence-electron chi connectivity index (χ1n) is 4.51. The predicted molar refractivity (Wildman–Crippen MR) is 51.5 cm³/mol. The topological polar surface area (TPSA) is 67.1 Å². The summed E-state index contributed by atoms with van der Waals surface area (Å²) in [6.07, 6.45) is 1.11. The van der Waals surface area contributed by atoms with Crippen molar-refractivity contribution in [1.82, 2.24) is 15.3 Å². The fourth-order valence-electron chi connectivity index (χ4n) is 1.39. The van der Waals surface area contributed by atoms with Gasteiger partial charge in [0.1, 0.15) is 0 Å². The number of hydrogen-bond donors (Lipinski definition) is 2. The summed E-state index contributed by atoms with van der Waals surface area (Å²) in [5, 5.41) is 3.21. The van der Waals surface area contributed by atoms with Crippen LogP contribution < -0.4 is 16.0 Å². The Kier molecular flexibility index (Phi) is 2.45. The monoisotopic (exact) mass is 197 g/mol. The van der Waals surface area contributed by atoms with Gasteiger partial charge in [-0.25, -0.2) is 9.37 Å². The van der Waals surface area contributed by atoms with Crippen LogP contribution in [0.4, 0.5) is 16.2 Å². The zero-order valence-electron chi connectivity index (χ0n) is 7.70. The molecule has 1 aliphatic rings. The lowest BCUT2D eigenvalue weighted by Gasteiger charge is -2.27. The Balaban J connectivity index is 2.18. The van der Waals surface area contributed by atoms with E-state index in [0.29, 0.717) is 5.95 Å². The summed E-state index contributed by atoms with van der Waals surface area (Å²) in [6.45, 7) is 3.43. The molecule has 0 atom stereocenters. The molecule has 0 radical (unpaired) electrons. The average molecular weight is 197 g/mol. The van der Waals surface area contributed by atoms with Crippen molar-refractivity contribution in [3.05, 3.63) is 12.0 Å². The quantitative estimate of drug-likeness (QED) is 0.641. The highest BCUT2D eigenvalue weighted by Crippen LogP contribution is 2.12. The number of hydrogen-bond acceptors (Lipinski definition) is 5. The standard InChI is InChI=1S/C8H12FN5/c9-6-5-12-8(13-7(6)10)14-3-1-11-2-4-14/h5,11H,1-4H2,(H2,10,12,13). The van der Waals surface area contributed by atoms with Crippen molar-refractivity contribution in [1.29, 1.82) is 0 Å². The number of nitrogen functional groups attached to an aromatic ring is 1. The van der Waals surface area contributed by atoms with Crippen molar-refractivity contribution in [2.45, 2.75) is 0 Å². The fraction of sp³-hybridized carbons (Fsp3) is 0.500. The third-order valence-electron chi connectivity index (χ3n) is 2.16. The number of nitrogens with one attached hydrogen (secondary N) is 1. The Labute approximate surface area is 81.1 Å². The molecule has 0 saturated carbocycles. The highest BCUT2D eigenvalue weighted by Gasteiger charge is 2.13. The summed E-state index contributed by atoms with van der Waals surface area (Å²) >= 11 is 0. The van der Waals surface area contributed by atoms with Crippen LogP contribution in [0.5, 0.6) is 0 Å². The largest absolute Gasteiger partial charge is 0.381 e. The third kappa shape index (κ3) is 1.74. The van der Waals surface area contributed by atoms with E-state index in [1.54, 1.807) is 0 Å². The minimum Gasteiger partial charge on any atom is -0.381 e. The molecule has 2 rings (SSSR count). The predicted octanol–water partition coefficient (Wildman–Crippen LogP) is -0.393. The van der Waals surface area contributed by atoms with Gasteiger partial charge in [-0.15, -0.1) is 0 Å². The second-order valence-electron chi connectivity index (χ2n) is 3.14. The van der Waals surface area contributed by atoms with Gasteiger partial charge in [-0.2, -0.15) is 4.98 Å². The Bertz CT molecular complexity index is 324. The Morgan fingerprint density at radius 2 is 2.14 bits per heavy atom. The molecule has 1 fully saturated rings. The van der Waals surface area contributed by atoms with Crippen LogP contribution in [0.2, 0.25) is 0 Å². The number of aromatic nitrogens is 2. The molecule has 1 aromatic rings. The molecule has 3 N–H and O–H groups in total. The number of anilines is 2. The zero-order chi connectivity index (χ0) is 9.97. The van der Waals surface area contributed by atoms with Crippen LogP contribution in [0.1, 0.15) is 0 Å². The maximum Gasteiger partial charge on any atom is 0.227 e. The Morgan fingerprint density at radius 1 is 1.43 bits per heavy atom. The van der Waals surface area contributed by atoms with E-state index >= 15 is 0 Å². The summed E-state index contributed by atoms with van der Waals surface area (Å²) in [4.78, 5) is 9.76. The lowest BCUT2D eigenvalue weighted by Crippen LogP contribution is -2.44. The summed E-state index contributed by atoms with van der Waals surface area (Å²) in [5.74, 6) is -0.150. The molecule has 0 amide bonds. The van der Waals surface area contributed by atoms with E-state index in [4.69, 9.17) is 5.73 Å². The molecule has 0 unspecified atom stereocenters. The fourth-order valence-corrected chi connectivity index (χ4v) is 1.39. The Hall–Kier alpha value is -1.43. The van der Waals surface area contributed by atoms with Crippen LogP contribution in [0, 0.1) is 5.82 Å². The van der Waals surface area contributed by atoms with Gasteiger partial charge in [-0.1, -0.05) is 0 Å². The lowest BCUT2D eigenvalue weighted by molar-refractivity contribution is 0.574. The molecule has 1 aliphatic heterocycles. The lowest BCUT2D eigenvalue weighted by atomic mass is 10.4. The van der Waals surface area contributed by atoms with Crippen LogP contribution in [0.25, 0.3) is 0 Å². The molecule has 1 saturated heterocycles. The van der Waals surface area contributed by atoms with E-state index in [1.807, 2.05) is 4.90 Å². The average Bonchev–Trinajstić information content (AvgIpc) is 2.23. The van der Waals surface area contributed by atoms with E-state index in [2.05, 4.69) is 15.3 Å². The van der Waals surface area contributed by atoms with Crippen molar-refractivity contribution in [2.24, 2.45) is 0 Å². The second-order valence-corrected chi connectivity index (χ2v) is 3.14. The summed E-state index contributed by atoms with van der Waals surface area (Å²) in [5.41, 5.74) is 5.36. The second kappa shape index (κ2) is 3.75. The minimum atomic E-state index is -0.566.